The monoisotopic (exact) mass is 1030 g/mol. The molecule has 0 saturated carbocycles. The molecule has 410 valence electrons. The van der Waals surface area contributed by atoms with Crippen LogP contribution >= 0.6 is 0 Å². The van der Waals surface area contributed by atoms with Crippen LogP contribution in [-0.4, -0.2) is 209 Å². The predicted octanol–water partition coefficient (Wildman–Crippen LogP) is 4.66. The van der Waals surface area contributed by atoms with Crippen molar-refractivity contribution >= 4 is 17.8 Å². The van der Waals surface area contributed by atoms with Gasteiger partial charge >= 0.3 is 5.97 Å². The summed E-state index contributed by atoms with van der Waals surface area (Å²) in [7, 11) is 0. The van der Waals surface area contributed by atoms with Gasteiger partial charge in [0.1, 0.15) is 17.0 Å². The summed E-state index contributed by atoms with van der Waals surface area (Å²) in [6.07, 6.45) is 10.8. The molecule has 0 aliphatic carbocycles. The lowest BCUT2D eigenvalue weighted by molar-refractivity contribution is -0.155. The molecule has 17 heteroatoms. The van der Waals surface area contributed by atoms with E-state index in [0.29, 0.717) is 97.4 Å². The molecule has 1 aliphatic rings. The minimum atomic E-state index is -0.590. The number of carbonyl (C=O) groups excluding carboxylic acids is 3. The van der Waals surface area contributed by atoms with E-state index in [-0.39, 0.29) is 37.3 Å². The molecule has 0 radical (unpaired) electrons. The molecule has 75 heavy (non-hydrogen) atoms. The van der Waals surface area contributed by atoms with Gasteiger partial charge in [0.15, 0.2) is 0 Å². The number of carbonyl (C=O) groups is 3. The maximum atomic E-state index is 13.8. The van der Waals surface area contributed by atoms with Crippen molar-refractivity contribution in [2.24, 2.45) is 0 Å². The van der Waals surface area contributed by atoms with E-state index in [9.17, 15) is 14.4 Å². The van der Waals surface area contributed by atoms with Gasteiger partial charge in [-0.05, 0) is 90.1 Å². The Morgan fingerprint density at radius 1 is 0.493 bits per heavy atom. The smallest absolute Gasteiger partial charge is 0.307 e. The van der Waals surface area contributed by atoms with Crippen molar-refractivity contribution < 1.29 is 23.9 Å². The van der Waals surface area contributed by atoms with Crippen molar-refractivity contribution in [2.45, 2.75) is 84.8 Å². The summed E-state index contributed by atoms with van der Waals surface area (Å²) in [4.78, 5) is 72.6. The zero-order valence-corrected chi connectivity index (χ0v) is 46.1. The van der Waals surface area contributed by atoms with E-state index in [2.05, 4.69) is 66.5 Å². The van der Waals surface area contributed by atoms with Crippen LogP contribution in [0.15, 0.2) is 110 Å². The molecule has 1 aliphatic heterocycles. The maximum Gasteiger partial charge on any atom is 0.307 e. The molecule has 1 fully saturated rings. The van der Waals surface area contributed by atoms with E-state index in [1.807, 2.05) is 139 Å². The second-order valence-corrected chi connectivity index (χ2v) is 21.4. The van der Waals surface area contributed by atoms with Gasteiger partial charge in [-0.25, -0.2) is 0 Å². The zero-order chi connectivity index (χ0) is 53.7. The van der Waals surface area contributed by atoms with E-state index >= 15 is 0 Å². The minimum Gasteiger partial charge on any atom is -0.492 e. The number of rotatable bonds is 28. The lowest BCUT2D eigenvalue weighted by Gasteiger charge is -2.35. The Labute approximate surface area is 448 Å². The van der Waals surface area contributed by atoms with E-state index in [0.717, 1.165) is 74.6 Å². The number of nitrogens with one attached hydrogen (secondary N) is 2. The number of ether oxygens (including phenoxy) is 2. The van der Waals surface area contributed by atoms with Gasteiger partial charge < -0.3 is 34.8 Å². The zero-order valence-electron chi connectivity index (χ0n) is 46.1. The molecular weight excluding hydrogens is 945 g/mol. The topological polar surface area (TPSA) is 165 Å². The molecule has 4 aromatic heterocycles. The molecule has 17 nitrogen and oxygen atoms in total. The van der Waals surface area contributed by atoms with Crippen LogP contribution < -0.4 is 10.6 Å². The first-order valence-electron chi connectivity index (χ1n) is 27.1. The summed E-state index contributed by atoms with van der Waals surface area (Å²) in [5, 5.41) is 6.46. The second kappa shape index (κ2) is 32.7. The molecule has 0 spiro atoms. The van der Waals surface area contributed by atoms with Crippen LogP contribution in [0, 0.1) is 0 Å². The van der Waals surface area contributed by atoms with Crippen LogP contribution in [0.3, 0.4) is 0 Å². The van der Waals surface area contributed by atoms with Gasteiger partial charge in [0.05, 0.1) is 26.1 Å². The number of pyridine rings is 4. The van der Waals surface area contributed by atoms with Gasteiger partial charge in [0.25, 0.3) is 0 Å². The number of esters is 1. The normalized spacial score (nSPS) is 15.0. The second-order valence-electron chi connectivity index (χ2n) is 21.4. The Morgan fingerprint density at radius 3 is 1.15 bits per heavy atom. The highest BCUT2D eigenvalue weighted by molar-refractivity contribution is 5.78. The van der Waals surface area contributed by atoms with Crippen molar-refractivity contribution in [3.8, 4) is 0 Å². The summed E-state index contributed by atoms with van der Waals surface area (Å²) in [5.41, 5.74) is 3.16. The van der Waals surface area contributed by atoms with Crippen LogP contribution in [0.2, 0.25) is 0 Å². The number of amides is 2. The molecule has 0 bridgehead atoms. The molecule has 5 rings (SSSR count). The molecule has 4 aromatic rings. The Hall–Kier alpha value is -5.69. The standard InChI is InChI=1S/C58H88N12O5/c1-49(74-57(2,3)4)46-68-42-44-69(47-54(71)63-29-36-65(31-20-50-16-8-12-25-59-50)32-21-51-17-9-13-26-60-51)40-38-67(35-24-56(73)75-58(5,6)7)39-41-70(45-43-68)48-55(72)64-30-37-66(33-22-52-18-10-14-27-61-52)34-23-53-19-11-15-28-62-53/h8-19,25-28H,1,20-24,29-48H2,2-7H3,(H,63,71)(H,64,72). The fourth-order valence-corrected chi connectivity index (χ4v) is 8.80. The Bertz CT molecular complexity index is 2020. The summed E-state index contributed by atoms with van der Waals surface area (Å²) >= 11 is 0. The first-order chi connectivity index (χ1) is 36.0. The fourth-order valence-electron chi connectivity index (χ4n) is 8.80. The Kier molecular flexibility index (Phi) is 26.2. The van der Waals surface area contributed by atoms with Crippen molar-refractivity contribution in [1.82, 2.24) is 60.0 Å². The maximum absolute atomic E-state index is 13.8. The van der Waals surface area contributed by atoms with Gasteiger partial charge in [-0.1, -0.05) is 30.8 Å². The molecule has 1 saturated heterocycles. The van der Waals surface area contributed by atoms with Gasteiger partial charge in [-0.2, -0.15) is 0 Å². The summed E-state index contributed by atoms with van der Waals surface area (Å²) in [6, 6.07) is 24.0. The average Bonchev–Trinajstić information content (AvgIpc) is 3.37. The Balaban J connectivity index is 1.23. The lowest BCUT2D eigenvalue weighted by atomic mass is 10.2. The molecule has 2 amide bonds. The van der Waals surface area contributed by atoms with Crippen molar-refractivity contribution in [1.29, 1.82) is 0 Å². The number of hydrogen-bond donors (Lipinski definition) is 2. The number of aromatic nitrogens is 4. The molecule has 2 N–H and O–H groups in total. The van der Waals surface area contributed by atoms with E-state index in [1.54, 1.807) is 0 Å². The van der Waals surface area contributed by atoms with Crippen molar-refractivity contribution in [3.05, 3.63) is 133 Å². The number of hydrogen-bond acceptors (Lipinski definition) is 15. The largest absolute Gasteiger partial charge is 0.492 e. The highest BCUT2D eigenvalue weighted by atomic mass is 16.6. The summed E-state index contributed by atoms with van der Waals surface area (Å²) in [5.74, 6) is 0.344. The van der Waals surface area contributed by atoms with Crippen LogP contribution in [0.1, 0.15) is 70.7 Å². The van der Waals surface area contributed by atoms with Crippen LogP contribution in [-0.2, 0) is 49.5 Å². The van der Waals surface area contributed by atoms with Crippen molar-refractivity contribution in [3.63, 3.8) is 0 Å². The molecule has 0 aromatic carbocycles. The van der Waals surface area contributed by atoms with Crippen LogP contribution in [0.25, 0.3) is 0 Å². The SMILES string of the molecule is C=C(CN1CCN(CC(=O)NCCN(CCc2ccccn2)CCc2ccccn2)CCN(CCC(=O)OC(C)(C)C)CCN(CC(=O)NCCN(CCc2ccccn2)CCc2ccccn2)CC1)OC(C)(C)C. The van der Waals surface area contributed by atoms with Crippen LogP contribution in [0.4, 0.5) is 0 Å². The summed E-state index contributed by atoms with van der Waals surface area (Å²) < 4.78 is 11.9. The molecule has 0 unspecified atom stereocenters. The first kappa shape index (κ1) is 60.2. The number of nitrogens with zero attached hydrogens (tertiary/aromatic N) is 10. The van der Waals surface area contributed by atoms with Gasteiger partial charge in [0, 0.05) is 185 Å². The average molecular weight is 1030 g/mol. The molecule has 0 atom stereocenters. The third-order valence-corrected chi connectivity index (χ3v) is 12.7. The van der Waals surface area contributed by atoms with Crippen LogP contribution in [0.5, 0.6) is 0 Å². The van der Waals surface area contributed by atoms with Crippen molar-refractivity contribution in [2.75, 3.05) is 131 Å². The van der Waals surface area contributed by atoms with E-state index in [4.69, 9.17) is 9.47 Å². The molecular formula is C58H88N12O5. The van der Waals surface area contributed by atoms with Gasteiger partial charge in [0.2, 0.25) is 11.8 Å². The first-order valence-corrected chi connectivity index (χ1v) is 27.1. The lowest BCUT2D eigenvalue weighted by Crippen LogP contribution is -2.50. The highest BCUT2D eigenvalue weighted by Gasteiger charge is 2.23. The van der Waals surface area contributed by atoms with E-state index in [1.165, 1.54) is 0 Å². The summed E-state index contributed by atoms with van der Waals surface area (Å²) in [6.45, 7) is 28.1. The molecule has 5 heterocycles. The third kappa shape index (κ3) is 27.1. The fraction of sp³-hybridized carbons (Fsp3) is 0.569. The third-order valence-electron chi connectivity index (χ3n) is 12.7. The highest BCUT2D eigenvalue weighted by Crippen LogP contribution is 2.14. The van der Waals surface area contributed by atoms with Gasteiger partial charge in [-0.15, -0.1) is 0 Å². The van der Waals surface area contributed by atoms with Gasteiger partial charge in [-0.3, -0.25) is 49.0 Å². The van der Waals surface area contributed by atoms with E-state index < -0.39 is 11.2 Å². The predicted molar refractivity (Wildman–Crippen MR) is 297 cm³/mol. The minimum absolute atomic E-state index is 0.0365. The Morgan fingerprint density at radius 2 is 0.827 bits per heavy atom. The quantitative estimate of drug-likeness (QED) is 0.0597.